The van der Waals surface area contributed by atoms with Crippen LogP contribution in [0.5, 0.6) is 5.75 Å². The molecule has 0 spiro atoms. The van der Waals surface area contributed by atoms with Gasteiger partial charge in [0.15, 0.2) is 5.16 Å². The second kappa shape index (κ2) is 8.78. The molecule has 0 radical (unpaired) electrons. The van der Waals surface area contributed by atoms with Crippen LogP contribution < -0.4 is 10.3 Å². The van der Waals surface area contributed by atoms with E-state index >= 15 is 0 Å². The van der Waals surface area contributed by atoms with E-state index in [1.165, 1.54) is 11.8 Å². The molecule has 0 saturated heterocycles. The van der Waals surface area contributed by atoms with Gasteiger partial charge in [0, 0.05) is 16.8 Å². The molecule has 0 fully saturated rings. The predicted octanol–water partition coefficient (Wildman–Crippen LogP) is 4.16. The van der Waals surface area contributed by atoms with Gasteiger partial charge < -0.3 is 9.84 Å². The molecule has 1 N–H and O–H groups in total. The SMILES string of the molecule is CC(C)n1c(SC[C@@H](O)COc2ccccc2)nc2cc(Cl)ccc2c1=O. The van der Waals surface area contributed by atoms with Crippen molar-refractivity contribution >= 4 is 34.3 Å². The van der Waals surface area contributed by atoms with E-state index in [1.807, 2.05) is 44.2 Å². The highest BCUT2D eigenvalue weighted by Gasteiger charge is 2.16. The maximum atomic E-state index is 12.8. The summed E-state index contributed by atoms with van der Waals surface area (Å²) in [6.45, 7) is 4.04. The number of aliphatic hydroxyl groups is 1. The Labute approximate surface area is 167 Å². The van der Waals surface area contributed by atoms with Crippen molar-refractivity contribution in [1.82, 2.24) is 9.55 Å². The molecule has 0 bridgehead atoms. The van der Waals surface area contributed by atoms with E-state index in [9.17, 15) is 9.90 Å². The van der Waals surface area contributed by atoms with Crippen molar-refractivity contribution in [3.05, 3.63) is 63.9 Å². The lowest BCUT2D eigenvalue weighted by Crippen LogP contribution is -2.26. The Kier molecular flexibility index (Phi) is 6.42. The van der Waals surface area contributed by atoms with E-state index in [1.54, 1.807) is 22.8 Å². The second-order valence-electron chi connectivity index (χ2n) is 6.41. The molecule has 1 atom stereocenters. The summed E-state index contributed by atoms with van der Waals surface area (Å²) in [5.41, 5.74) is 0.450. The fourth-order valence-electron chi connectivity index (χ4n) is 2.64. The van der Waals surface area contributed by atoms with Crippen molar-refractivity contribution in [2.24, 2.45) is 0 Å². The average molecular weight is 405 g/mol. The zero-order valence-electron chi connectivity index (χ0n) is 15.1. The number of halogens is 1. The first kappa shape index (κ1) is 19.7. The number of ether oxygens (including phenoxy) is 1. The number of benzene rings is 2. The lowest BCUT2D eigenvalue weighted by Gasteiger charge is -2.17. The summed E-state index contributed by atoms with van der Waals surface area (Å²) in [5, 5.41) is 11.9. The van der Waals surface area contributed by atoms with Gasteiger partial charge in [0.2, 0.25) is 0 Å². The number of hydrogen-bond donors (Lipinski definition) is 1. The first-order chi connectivity index (χ1) is 13.0. The van der Waals surface area contributed by atoms with Gasteiger partial charge in [-0.1, -0.05) is 41.6 Å². The molecule has 0 unspecified atom stereocenters. The molecule has 0 aliphatic carbocycles. The van der Waals surface area contributed by atoms with Crippen molar-refractivity contribution in [1.29, 1.82) is 0 Å². The smallest absolute Gasteiger partial charge is 0.262 e. The van der Waals surface area contributed by atoms with Gasteiger partial charge in [-0.2, -0.15) is 0 Å². The summed E-state index contributed by atoms with van der Waals surface area (Å²) < 4.78 is 7.22. The highest BCUT2D eigenvalue weighted by molar-refractivity contribution is 7.99. The lowest BCUT2D eigenvalue weighted by atomic mass is 10.2. The third-order valence-electron chi connectivity index (χ3n) is 3.94. The molecular formula is C20H21ClN2O3S. The molecule has 0 aliphatic rings. The summed E-state index contributed by atoms with van der Waals surface area (Å²) in [4.78, 5) is 17.4. The molecule has 2 aromatic carbocycles. The van der Waals surface area contributed by atoms with E-state index in [0.29, 0.717) is 32.6 Å². The van der Waals surface area contributed by atoms with Crippen molar-refractivity contribution in [3.8, 4) is 5.75 Å². The molecule has 0 amide bonds. The highest BCUT2D eigenvalue weighted by atomic mass is 35.5. The maximum absolute atomic E-state index is 12.8. The molecule has 142 valence electrons. The van der Waals surface area contributed by atoms with Crippen molar-refractivity contribution in [2.45, 2.75) is 31.1 Å². The van der Waals surface area contributed by atoms with Crippen LogP contribution in [-0.2, 0) is 0 Å². The maximum Gasteiger partial charge on any atom is 0.262 e. The Bertz CT molecular complexity index is 976. The van der Waals surface area contributed by atoms with Gasteiger partial charge in [0.05, 0.1) is 17.0 Å². The molecule has 27 heavy (non-hydrogen) atoms. The zero-order valence-corrected chi connectivity index (χ0v) is 16.7. The summed E-state index contributed by atoms with van der Waals surface area (Å²) in [5.74, 6) is 1.07. The Balaban J connectivity index is 1.77. The largest absolute Gasteiger partial charge is 0.491 e. The molecule has 3 rings (SSSR count). The van der Waals surface area contributed by atoms with E-state index in [4.69, 9.17) is 16.3 Å². The van der Waals surface area contributed by atoms with Gasteiger partial charge in [0.1, 0.15) is 12.4 Å². The Morgan fingerprint density at radius 3 is 2.67 bits per heavy atom. The highest BCUT2D eigenvalue weighted by Crippen LogP contribution is 2.23. The minimum atomic E-state index is -0.692. The van der Waals surface area contributed by atoms with E-state index in [0.717, 1.165) is 0 Å². The lowest BCUT2D eigenvalue weighted by molar-refractivity contribution is 0.126. The molecular weight excluding hydrogens is 384 g/mol. The van der Waals surface area contributed by atoms with Gasteiger partial charge >= 0.3 is 0 Å². The van der Waals surface area contributed by atoms with Crippen molar-refractivity contribution in [2.75, 3.05) is 12.4 Å². The number of aliphatic hydroxyl groups excluding tert-OH is 1. The standard InChI is InChI=1S/C20H21ClN2O3S/c1-13(2)23-19(25)17-9-8-14(21)10-18(17)22-20(23)27-12-15(24)11-26-16-6-4-3-5-7-16/h3-10,13,15,24H,11-12H2,1-2H3/t15-/m0/s1. The number of hydrogen-bond acceptors (Lipinski definition) is 5. The minimum absolute atomic E-state index is 0.0507. The molecule has 7 heteroatoms. The van der Waals surface area contributed by atoms with Crippen LogP contribution in [0.4, 0.5) is 0 Å². The Morgan fingerprint density at radius 2 is 1.96 bits per heavy atom. The third kappa shape index (κ3) is 4.83. The van der Waals surface area contributed by atoms with E-state index < -0.39 is 6.10 Å². The second-order valence-corrected chi connectivity index (χ2v) is 7.84. The van der Waals surface area contributed by atoms with Crippen molar-refractivity contribution < 1.29 is 9.84 Å². The van der Waals surface area contributed by atoms with Crippen LogP contribution in [-0.4, -0.2) is 33.1 Å². The van der Waals surface area contributed by atoms with E-state index in [-0.39, 0.29) is 18.2 Å². The average Bonchev–Trinajstić information content (AvgIpc) is 2.65. The number of aromatic nitrogens is 2. The monoisotopic (exact) mass is 404 g/mol. The molecule has 0 aliphatic heterocycles. The molecule has 1 aromatic heterocycles. The van der Waals surface area contributed by atoms with Crippen LogP contribution in [0, 0.1) is 0 Å². The van der Waals surface area contributed by atoms with Gasteiger partial charge in [-0.3, -0.25) is 9.36 Å². The summed E-state index contributed by atoms with van der Waals surface area (Å²) in [6.07, 6.45) is -0.692. The summed E-state index contributed by atoms with van der Waals surface area (Å²) >= 11 is 7.37. The fourth-order valence-corrected chi connectivity index (χ4v) is 3.84. The van der Waals surface area contributed by atoms with Gasteiger partial charge in [-0.05, 0) is 44.2 Å². The number of rotatable bonds is 7. The third-order valence-corrected chi connectivity index (χ3v) is 5.27. The normalized spacial score (nSPS) is 12.5. The first-order valence-corrected chi connectivity index (χ1v) is 10.0. The summed E-state index contributed by atoms with van der Waals surface area (Å²) in [6, 6.07) is 14.4. The zero-order chi connectivity index (χ0) is 19.4. The van der Waals surface area contributed by atoms with Gasteiger partial charge in [0.25, 0.3) is 5.56 Å². The molecule has 0 saturated carbocycles. The molecule has 1 heterocycles. The molecule has 3 aromatic rings. The van der Waals surface area contributed by atoms with Crippen LogP contribution in [0.2, 0.25) is 5.02 Å². The van der Waals surface area contributed by atoms with Gasteiger partial charge in [-0.25, -0.2) is 4.98 Å². The minimum Gasteiger partial charge on any atom is -0.491 e. The topological polar surface area (TPSA) is 64.3 Å². The Morgan fingerprint density at radius 1 is 1.22 bits per heavy atom. The number of nitrogens with zero attached hydrogens (tertiary/aromatic N) is 2. The van der Waals surface area contributed by atoms with Crippen LogP contribution in [0.25, 0.3) is 10.9 Å². The number of thioether (sulfide) groups is 1. The van der Waals surface area contributed by atoms with Crippen LogP contribution in [0.15, 0.2) is 58.5 Å². The number of fused-ring (bicyclic) bond motifs is 1. The number of para-hydroxylation sites is 1. The Hall–Kier alpha value is -2.02. The van der Waals surface area contributed by atoms with Crippen molar-refractivity contribution in [3.63, 3.8) is 0 Å². The van der Waals surface area contributed by atoms with Gasteiger partial charge in [-0.15, -0.1) is 0 Å². The fraction of sp³-hybridized carbons (Fsp3) is 0.300. The van der Waals surface area contributed by atoms with Crippen LogP contribution in [0.3, 0.4) is 0 Å². The predicted molar refractivity (Wildman–Crippen MR) is 110 cm³/mol. The molecule has 5 nitrogen and oxygen atoms in total. The van der Waals surface area contributed by atoms with Crippen LogP contribution >= 0.6 is 23.4 Å². The van der Waals surface area contributed by atoms with Crippen LogP contribution in [0.1, 0.15) is 19.9 Å². The first-order valence-electron chi connectivity index (χ1n) is 8.66. The summed E-state index contributed by atoms with van der Waals surface area (Å²) in [7, 11) is 0. The van der Waals surface area contributed by atoms with E-state index in [2.05, 4.69) is 4.98 Å². The quantitative estimate of drug-likeness (QED) is 0.473.